The van der Waals surface area contributed by atoms with Gasteiger partial charge in [0.05, 0.1) is 6.16 Å². The monoisotopic (exact) mass is 178 g/mol. The Kier molecular flexibility index (Phi) is 3.99. The molecule has 0 rings (SSSR count). The Morgan fingerprint density at radius 2 is 2.10 bits per heavy atom. The van der Waals surface area contributed by atoms with Gasteiger partial charge < -0.3 is 4.74 Å². The van der Waals surface area contributed by atoms with Crippen LogP contribution in [0.1, 0.15) is 20.8 Å². The van der Waals surface area contributed by atoms with Gasteiger partial charge in [-0.3, -0.25) is 4.79 Å². The van der Waals surface area contributed by atoms with Crippen molar-refractivity contribution in [2.24, 2.45) is 0 Å². The minimum Gasteiger partial charge on any atom is -0.459 e. The highest BCUT2D eigenvalue weighted by molar-refractivity contribution is 7.96. The van der Waals surface area contributed by atoms with Crippen LogP contribution in [-0.2, 0) is 21.3 Å². The molecule has 0 aliphatic carbocycles. The van der Waals surface area contributed by atoms with E-state index < -0.39 is 0 Å². The molecule has 0 aliphatic heterocycles. The molecule has 0 fully saturated rings. The fraction of sp³-hybridized carbons (Fsp3) is 0.833. The summed E-state index contributed by atoms with van der Waals surface area (Å²) in [6.45, 7) is 5.52. The molecule has 58 valence electrons. The normalized spacial score (nSPS) is 11.5. The van der Waals surface area contributed by atoms with Crippen molar-refractivity contribution in [3.8, 4) is 0 Å². The molecule has 0 atom stereocenters. The Hall–Kier alpha value is -0.0100. The molecule has 0 N–H and O–H groups in total. The Bertz CT molecular complexity index is 139. The van der Waals surface area contributed by atoms with E-state index in [1.54, 1.807) is 0 Å². The third-order valence-electron chi connectivity index (χ3n) is 0.614. The molecule has 0 aromatic rings. The minimum atomic E-state index is -0.378. The van der Waals surface area contributed by atoms with Gasteiger partial charge in [-0.15, -0.1) is 0 Å². The van der Waals surface area contributed by atoms with Gasteiger partial charge in [0.25, 0.3) is 0 Å². The van der Waals surface area contributed by atoms with Crippen molar-refractivity contribution in [3.63, 3.8) is 0 Å². The molecular formula is C6H11O2PS. The molecule has 0 heterocycles. The van der Waals surface area contributed by atoms with Crippen LogP contribution in [-0.4, -0.2) is 17.7 Å². The first-order valence-electron chi connectivity index (χ1n) is 2.96. The molecule has 0 aliphatic rings. The van der Waals surface area contributed by atoms with Gasteiger partial charge >= 0.3 is 5.97 Å². The van der Waals surface area contributed by atoms with Crippen molar-refractivity contribution in [2.45, 2.75) is 26.4 Å². The Morgan fingerprint density at radius 3 is 2.40 bits per heavy atom. The SMILES string of the molecule is CC(C)(C)OC(=O)CP=S. The van der Waals surface area contributed by atoms with Crippen LogP contribution in [0.2, 0.25) is 0 Å². The highest BCUT2D eigenvalue weighted by Gasteiger charge is 2.14. The summed E-state index contributed by atoms with van der Waals surface area (Å²) in [7, 11) is 0.646. The van der Waals surface area contributed by atoms with Crippen LogP contribution in [0, 0.1) is 0 Å². The first-order chi connectivity index (χ1) is 4.45. The molecule has 0 unspecified atom stereocenters. The maximum atomic E-state index is 10.8. The summed E-state index contributed by atoms with van der Waals surface area (Å²) in [5.41, 5.74) is -0.378. The van der Waals surface area contributed by atoms with E-state index in [0.29, 0.717) is 13.5 Å². The van der Waals surface area contributed by atoms with E-state index in [0.717, 1.165) is 0 Å². The first-order valence-corrected chi connectivity index (χ1v) is 5.06. The third kappa shape index (κ3) is 6.12. The van der Waals surface area contributed by atoms with Gasteiger partial charge in [-0.2, -0.15) is 0 Å². The van der Waals surface area contributed by atoms with Crippen molar-refractivity contribution in [3.05, 3.63) is 0 Å². The number of hydrogen-bond acceptors (Lipinski definition) is 3. The summed E-state index contributed by atoms with van der Waals surface area (Å²) >= 11 is 4.59. The molecule has 0 saturated carbocycles. The lowest BCUT2D eigenvalue weighted by atomic mass is 10.2. The second-order valence-corrected chi connectivity index (χ2v) is 4.22. The molecule has 0 spiro atoms. The lowest BCUT2D eigenvalue weighted by Gasteiger charge is -2.18. The average molecular weight is 178 g/mol. The van der Waals surface area contributed by atoms with Crippen LogP contribution in [0.5, 0.6) is 0 Å². The van der Waals surface area contributed by atoms with Gasteiger partial charge in [-0.05, 0) is 28.1 Å². The molecule has 0 bridgehead atoms. The zero-order valence-corrected chi connectivity index (χ0v) is 8.09. The van der Waals surface area contributed by atoms with Gasteiger partial charge in [0.2, 0.25) is 0 Å². The number of rotatable bonds is 2. The fourth-order valence-corrected chi connectivity index (χ4v) is 0.913. The largest absolute Gasteiger partial charge is 0.459 e. The quantitative estimate of drug-likeness (QED) is 0.476. The second-order valence-electron chi connectivity index (χ2n) is 2.87. The summed E-state index contributed by atoms with van der Waals surface area (Å²) in [4.78, 5) is 10.8. The molecule has 2 nitrogen and oxygen atoms in total. The van der Waals surface area contributed by atoms with Gasteiger partial charge in [0, 0.05) is 0 Å². The molecular weight excluding hydrogens is 167 g/mol. The van der Waals surface area contributed by atoms with E-state index in [2.05, 4.69) is 11.8 Å². The fourth-order valence-electron chi connectivity index (χ4n) is 0.426. The Labute approximate surface area is 67.8 Å². The lowest BCUT2D eigenvalue weighted by Crippen LogP contribution is -2.24. The van der Waals surface area contributed by atoms with E-state index in [1.807, 2.05) is 20.8 Å². The summed E-state index contributed by atoms with van der Waals surface area (Å²) in [6, 6.07) is 0. The average Bonchev–Trinajstić information content (AvgIpc) is 1.59. The second kappa shape index (κ2) is 3.99. The van der Waals surface area contributed by atoms with E-state index in [1.165, 1.54) is 0 Å². The van der Waals surface area contributed by atoms with Gasteiger partial charge in [-0.25, -0.2) is 0 Å². The maximum Gasteiger partial charge on any atom is 0.315 e. The molecule has 0 radical (unpaired) electrons. The van der Waals surface area contributed by atoms with E-state index in [9.17, 15) is 4.79 Å². The van der Waals surface area contributed by atoms with Crippen LogP contribution in [0.3, 0.4) is 0 Å². The molecule has 0 amide bonds. The standard InChI is InChI=1S/C6H11O2PS/c1-6(2,3)8-5(7)4-9-10/h4H2,1-3H3. The molecule has 0 saturated heterocycles. The lowest BCUT2D eigenvalue weighted by molar-refractivity contribution is -0.151. The summed E-state index contributed by atoms with van der Waals surface area (Å²) in [6.07, 6.45) is 0.312. The topological polar surface area (TPSA) is 26.3 Å². The summed E-state index contributed by atoms with van der Waals surface area (Å²) in [5.74, 6) is -0.218. The van der Waals surface area contributed by atoms with Crippen molar-refractivity contribution in [1.29, 1.82) is 0 Å². The van der Waals surface area contributed by atoms with E-state index in [-0.39, 0.29) is 11.6 Å². The van der Waals surface area contributed by atoms with E-state index >= 15 is 0 Å². The minimum absolute atomic E-state index is 0.218. The van der Waals surface area contributed by atoms with Crippen molar-refractivity contribution >= 4 is 25.1 Å². The number of esters is 1. The van der Waals surface area contributed by atoms with Gasteiger partial charge in [0.1, 0.15) is 5.60 Å². The van der Waals surface area contributed by atoms with Crippen LogP contribution in [0.25, 0.3) is 0 Å². The highest BCUT2D eigenvalue weighted by atomic mass is 32.4. The summed E-state index contributed by atoms with van der Waals surface area (Å²) < 4.78 is 4.97. The van der Waals surface area contributed by atoms with Crippen LogP contribution >= 0.6 is 7.36 Å². The smallest absolute Gasteiger partial charge is 0.315 e. The molecule has 0 aromatic heterocycles. The number of carbonyl (C=O) groups excluding carboxylic acids is 1. The van der Waals surface area contributed by atoms with Crippen molar-refractivity contribution in [2.75, 3.05) is 6.16 Å². The predicted octanol–water partition coefficient (Wildman–Crippen LogP) is 1.74. The number of hydrogen-bond donors (Lipinski definition) is 0. The number of ether oxygens (including phenoxy) is 1. The molecule has 10 heavy (non-hydrogen) atoms. The first kappa shape index (κ1) is 9.99. The Morgan fingerprint density at radius 1 is 1.60 bits per heavy atom. The van der Waals surface area contributed by atoms with Crippen LogP contribution < -0.4 is 0 Å². The van der Waals surface area contributed by atoms with Crippen molar-refractivity contribution < 1.29 is 9.53 Å². The maximum absolute atomic E-state index is 10.8. The van der Waals surface area contributed by atoms with Gasteiger partial charge in [0.15, 0.2) is 0 Å². The van der Waals surface area contributed by atoms with Crippen LogP contribution in [0.4, 0.5) is 0 Å². The predicted molar refractivity (Wildman–Crippen MR) is 45.0 cm³/mol. The van der Waals surface area contributed by atoms with Crippen LogP contribution in [0.15, 0.2) is 0 Å². The molecule has 4 heteroatoms. The summed E-state index contributed by atoms with van der Waals surface area (Å²) in [5, 5.41) is 0. The zero-order valence-electron chi connectivity index (χ0n) is 6.38. The zero-order chi connectivity index (χ0) is 8.20. The van der Waals surface area contributed by atoms with Gasteiger partial charge in [-0.1, -0.05) is 11.8 Å². The highest BCUT2D eigenvalue weighted by Crippen LogP contribution is 2.08. The Balaban J connectivity index is 3.68. The van der Waals surface area contributed by atoms with Crippen molar-refractivity contribution in [1.82, 2.24) is 0 Å². The molecule has 0 aromatic carbocycles. The third-order valence-corrected chi connectivity index (χ3v) is 1.39. The number of carbonyl (C=O) groups is 1. The van der Waals surface area contributed by atoms with E-state index in [4.69, 9.17) is 4.74 Å².